The summed E-state index contributed by atoms with van der Waals surface area (Å²) < 4.78 is 2.43. The van der Waals surface area contributed by atoms with Gasteiger partial charge in [-0.3, -0.25) is 0 Å². The number of benzene rings is 2. The van der Waals surface area contributed by atoms with Crippen molar-refractivity contribution in [3.8, 4) is 0 Å². The molecule has 22 heavy (non-hydrogen) atoms. The molecule has 0 aliphatic rings. The van der Waals surface area contributed by atoms with Crippen molar-refractivity contribution >= 4 is 10.9 Å². The van der Waals surface area contributed by atoms with E-state index in [9.17, 15) is 0 Å². The van der Waals surface area contributed by atoms with E-state index in [0.717, 1.165) is 19.6 Å². The smallest absolute Gasteiger partial charge is 0.0488 e. The predicted octanol–water partition coefficient (Wildman–Crippen LogP) is 4.42. The molecule has 114 valence electrons. The SMILES string of the molecule is CCNCc1ccc2c(c1)c(C)c(C)n2Cc1ccccc1. The number of aromatic nitrogens is 1. The first-order valence-corrected chi connectivity index (χ1v) is 8.03. The Hall–Kier alpha value is -2.06. The van der Waals surface area contributed by atoms with Gasteiger partial charge in [0.15, 0.2) is 0 Å². The molecule has 1 heterocycles. The highest BCUT2D eigenvalue weighted by Crippen LogP contribution is 2.27. The van der Waals surface area contributed by atoms with Crippen molar-refractivity contribution in [2.45, 2.75) is 33.9 Å². The highest BCUT2D eigenvalue weighted by molar-refractivity contribution is 5.86. The van der Waals surface area contributed by atoms with Crippen LogP contribution in [0.5, 0.6) is 0 Å². The zero-order valence-electron chi connectivity index (χ0n) is 13.7. The minimum absolute atomic E-state index is 0.934. The summed E-state index contributed by atoms with van der Waals surface area (Å²) in [4.78, 5) is 0. The maximum Gasteiger partial charge on any atom is 0.0488 e. The lowest BCUT2D eigenvalue weighted by atomic mass is 10.1. The molecule has 0 saturated carbocycles. The van der Waals surface area contributed by atoms with Crippen LogP contribution in [0.3, 0.4) is 0 Å². The number of hydrogen-bond acceptors (Lipinski definition) is 1. The van der Waals surface area contributed by atoms with Crippen LogP contribution in [0.25, 0.3) is 10.9 Å². The molecule has 1 N–H and O–H groups in total. The largest absolute Gasteiger partial charge is 0.340 e. The average Bonchev–Trinajstić information content (AvgIpc) is 2.79. The number of fused-ring (bicyclic) bond motifs is 1. The van der Waals surface area contributed by atoms with E-state index in [1.165, 1.54) is 33.3 Å². The minimum atomic E-state index is 0.934. The molecule has 0 bridgehead atoms. The van der Waals surface area contributed by atoms with Crippen molar-refractivity contribution in [3.05, 3.63) is 70.9 Å². The molecule has 2 aromatic carbocycles. The molecule has 0 fully saturated rings. The van der Waals surface area contributed by atoms with Gasteiger partial charge >= 0.3 is 0 Å². The van der Waals surface area contributed by atoms with Crippen LogP contribution < -0.4 is 5.32 Å². The number of nitrogens with zero attached hydrogens (tertiary/aromatic N) is 1. The van der Waals surface area contributed by atoms with Gasteiger partial charge in [0.05, 0.1) is 0 Å². The van der Waals surface area contributed by atoms with Crippen LogP contribution in [0.4, 0.5) is 0 Å². The van der Waals surface area contributed by atoms with Crippen LogP contribution in [0, 0.1) is 13.8 Å². The second-order valence-corrected chi connectivity index (χ2v) is 5.91. The Morgan fingerprint density at radius 2 is 1.73 bits per heavy atom. The van der Waals surface area contributed by atoms with E-state index in [2.05, 4.69) is 79.2 Å². The monoisotopic (exact) mass is 292 g/mol. The Morgan fingerprint density at radius 3 is 2.45 bits per heavy atom. The van der Waals surface area contributed by atoms with Gasteiger partial charge in [0.1, 0.15) is 0 Å². The molecule has 1 aromatic heterocycles. The van der Waals surface area contributed by atoms with Crippen molar-refractivity contribution in [1.82, 2.24) is 9.88 Å². The fourth-order valence-electron chi connectivity index (χ4n) is 3.05. The fraction of sp³-hybridized carbons (Fsp3) is 0.300. The number of nitrogens with one attached hydrogen (secondary N) is 1. The van der Waals surface area contributed by atoms with E-state index in [0.29, 0.717) is 0 Å². The maximum atomic E-state index is 3.40. The van der Waals surface area contributed by atoms with Gasteiger partial charge in [0.2, 0.25) is 0 Å². The van der Waals surface area contributed by atoms with Crippen LogP contribution >= 0.6 is 0 Å². The summed E-state index contributed by atoms with van der Waals surface area (Å²) in [5, 5.41) is 4.78. The predicted molar refractivity (Wildman–Crippen MR) is 94.3 cm³/mol. The van der Waals surface area contributed by atoms with Crippen LogP contribution in [0.1, 0.15) is 29.3 Å². The van der Waals surface area contributed by atoms with Gasteiger partial charge < -0.3 is 9.88 Å². The summed E-state index contributed by atoms with van der Waals surface area (Å²) in [6.07, 6.45) is 0. The standard InChI is InChI=1S/C20H24N2/c1-4-21-13-18-10-11-20-19(12-18)15(2)16(3)22(20)14-17-8-6-5-7-9-17/h5-12,21H,4,13-14H2,1-3H3. The molecule has 3 aromatic rings. The molecule has 2 nitrogen and oxygen atoms in total. The van der Waals surface area contributed by atoms with Crippen LogP contribution in [-0.2, 0) is 13.1 Å². The summed E-state index contributed by atoms with van der Waals surface area (Å²) in [5.74, 6) is 0. The molecule has 0 saturated heterocycles. The second-order valence-electron chi connectivity index (χ2n) is 5.91. The molecule has 0 amide bonds. The third kappa shape index (κ3) is 2.79. The van der Waals surface area contributed by atoms with Crippen molar-refractivity contribution in [3.63, 3.8) is 0 Å². The molecule has 0 atom stereocenters. The third-order valence-electron chi connectivity index (χ3n) is 4.47. The van der Waals surface area contributed by atoms with Gasteiger partial charge in [-0.15, -0.1) is 0 Å². The van der Waals surface area contributed by atoms with Crippen LogP contribution in [0.2, 0.25) is 0 Å². The molecule has 3 rings (SSSR count). The summed E-state index contributed by atoms with van der Waals surface area (Å²) in [5.41, 5.74) is 6.79. The van der Waals surface area contributed by atoms with Crippen LogP contribution in [0.15, 0.2) is 48.5 Å². The number of aryl methyl sites for hydroxylation is 1. The van der Waals surface area contributed by atoms with Crippen molar-refractivity contribution < 1.29 is 0 Å². The lowest BCUT2D eigenvalue weighted by Crippen LogP contribution is -2.11. The molecule has 0 spiro atoms. The minimum Gasteiger partial charge on any atom is -0.340 e. The highest BCUT2D eigenvalue weighted by Gasteiger charge is 2.11. The normalized spacial score (nSPS) is 11.2. The summed E-state index contributed by atoms with van der Waals surface area (Å²) in [6.45, 7) is 9.48. The van der Waals surface area contributed by atoms with E-state index in [4.69, 9.17) is 0 Å². The first-order chi connectivity index (χ1) is 10.7. The quantitative estimate of drug-likeness (QED) is 0.737. The highest BCUT2D eigenvalue weighted by atomic mass is 15.0. The zero-order chi connectivity index (χ0) is 15.5. The van der Waals surface area contributed by atoms with Crippen molar-refractivity contribution in [1.29, 1.82) is 0 Å². The van der Waals surface area contributed by atoms with Gasteiger partial charge in [-0.05, 0) is 49.2 Å². The molecular formula is C20H24N2. The van der Waals surface area contributed by atoms with Gasteiger partial charge in [-0.25, -0.2) is 0 Å². The third-order valence-corrected chi connectivity index (χ3v) is 4.47. The Morgan fingerprint density at radius 1 is 0.955 bits per heavy atom. The summed E-state index contributed by atoms with van der Waals surface area (Å²) in [6, 6.07) is 17.5. The van der Waals surface area contributed by atoms with E-state index >= 15 is 0 Å². The van der Waals surface area contributed by atoms with E-state index < -0.39 is 0 Å². The Labute approximate surface area is 132 Å². The Kier molecular flexibility index (Phi) is 4.30. The fourth-order valence-corrected chi connectivity index (χ4v) is 3.05. The van der Waals surface area contributed by atoms with E-state index in [1.54, 1.807) is 0 Å². The lowest BCUT2D eigenvalue weighted by Gasteiger charge is -2.09. The van der Waals surface area contributed by atoms with Crippen molar-refractivity contribution in [2.75, 3.05) is 6.54 Å². The van der Waals surface area contributed by atoms with Gasteiger partial charge in [0, 0.05) is 29.7 Å². The topological polar surface area (TPSA) is 17.0 Å². The summed E-state index contributed by atoms with van der Waals surface area (Å²) in [7, 11) is 0. The van der Waals surface area contributed by atoms with Crippen LogP contribution in [-0.4, -0.2) is 11.1 Å². The molecule has 0 radical (unpaired) electrons. The zero-order valence-corrected chi connectivity index (χ0v) is 13.7. The van der Waals surface area contributed by atoms with Gasteiger partial charge in [-0.1, -0.05) is 43.3 Å². The van der Waals surface area contributed by atoms with E-state index in [1.807, 2.05) is 0 Å². The molecule has 0 aliphatic carbocycles. The first-order valence-electron chi connectivity index (χ1n) is 8.03. The Bertz CT molecular complexity index is 769. The molecular weight excluding hydrogens is 268 g/mol. The number of rotatable bonds is 5. The maximum absolute atomic E-state index is 3.40. The molecule has 0 unspecified atom stereocenters. The second kappa shape index (κ2) is 6.37. The average molecular weight is 292 g/mol. The molecule has 0 aliphatic heterocycles. The Balaban J connectivity index is 2.02. The number of hydrogen-bond donors (Lipinski definition) is 1. The lowest BCUT2D eigenvalue weighted by molar-refractivity contribution is 0.727. The van der Waals surface area contributed by atoms with Gasteiger partial charge in [-0.2, -0.15) is 0 Å². The van der Waals surface area contributed by atoms with E-state index in [-0.39, 0.29) is 0 Å². The first kappa shape index (κ1) is 14.9. The van der Waals surface area contributed by atoms with Gasteiger partial charge in [0.25, 0.3) is 0 Å². The molecule has 2 heteroatoms. The van der Waals surface area contributed by atoms with Crippen molar-refractivity contribution in [2.24, 2.45) is 0 Å². The summed E-state index contributed by atoms with van der Waals surface area (Å²) >= 11 is 0.